The van der Waals surface area contributed by atoms with Crippen molar-refractivity contribution in [2.45, 2.75) is 20.4 Å². The standard InChI is InChI=1S/C14H14ClN5O4/c1-7-13(20(23)24)8(2)19(18-7)6-12(21)17-9-3-4-10(14(16)22)11(15)5-9/h3-5H,6H2,1-2H3,(H2,16,22)(H,17,21). The van der Waals surface area contributed by atoms with Gasteiger partial charge in [-0.05, 0) is 32.0 Å². The van der Waals surface area contributed by atoms with Gasteiger partial charge in [0.15, 0.2) is 0 Å². The summed E-state index contributed by atoms with van der Waals surface area (Å²) >= 11 is 5.91. The van der Waals surface area contributed by atoms with E-state index in [2.05, 4.69) is 10.4 Å². The van der Waals surface area contributed by atoms with E-state index < -0.39 is 16.7 Å². The third-order valence-corrected chi connectivity index (χ3v) is 3.65. The van der Waals surface area contributed by atoms with E-state index in [0.29, 0.717) is 5.69 Å². The van der Waals surface area contributed by atoms with Crippen LogP contribution in [0.3, 0.4) is 0 Å². The summed E-state index contributed by atoms with van der Waals surface area (Å²) in [4.78, 5) is 33.6. The maximum atomic E-state index is 12.1. The zero-order valence-corrected chi connectivity index (χ0v) is 13.6. The first kappa shape index (κ1) is 17.4. The fourth-order valence-corrected chi connectivity index (χ4v) is 2.51. The van der Waals surface area contributed by atoms with Crippen molar-refractivity contribution in [2.24, 2.45) is 5.73 Å². The van der Waals surface area contributed by atoms with E-state index in [1.807, 2.05) is 0 Å². The first-order valence-corrected chi connectivity index (χ1v) is 7.16. The van der Waals surface area contributed by atoms with Crippen molar-refractivity contribution >= 4 is 34.8 Å². The molecule has 24 heavy (non-hydrogen) atoms. The molecule has 126 valence electrons. The lowest BCUT2D eigenvalue weighted by molar-refractivity contribution is -0.386. The van der Waals surface area contributed by atoms with Gasteiger partial charge in [-0.15, -0.1) is 0 Å². The monoisotopic (exact) mass is 351 g/mol. The predicted molar refractivity (Wildman–Crippen MR) is 87.0 cm³/mol. The number of nitrogens with one attached hydrogen (secondary N) is 1. The van der Waals surface area contributed by atoms with Gasteiger partial charge in [0.25, 0.3) is 0 Å². The van der Waals surface area contributed by atoms with Crippen molar-refractivity contribution in [2.75, 3.05) is 5.32 Å². The molecule has 0 radical (unpaired) electrons. The average Bonchev–Trinajstić information content (AvgIpc) is 2.72. The summed E-state index contributed by atoms with van der Waals surface area (Å²) in [7, 11) is 0. The molecule has 1 heterocycles. The number of halogens is 1. The van der Waals surface area contributed by atoms with Crippen molar-refractivity contribution in [1.29, 1.82) is 0 Å². The molecule has 0 fully saturated rings. The molecule has 9 nitrogen and oxygen atoms in total. The van der Waals surface area contributed by atoms with Crippen LogP contribution in [0.4, 0.5) is 11.4 Å². The first-order valence-electron chi connectivity index (χ1n) is 6.78. The maximum Gasteiger partial charge on any atom is 0.312 e. The zero-order chi connectivity index (χ0) is 18.0. The number of aryl methyl sites for hydroxylation is 1. The van der Waals surface area contributed by atoms with Crippen LogP contribution in [0.2, 0.25) is 5.02 Å². The minimum absolute atomic E-state index is 0.113. The van der Waals surface area contributed by atoms with Gasteiger partial charge in [-0.2, -0.15) is 5.10 Å². The van der Waals surface area contributed by atoms with E-state index >= 15 is 0 Å². The normalized spacial score (nSPS) is 10.5. The lowest BCUT2D eigenvalue weighted by Crippen LogP contribution is -2.20. The fraction of sp³-hybridized carbons (Fsp3) is 0.214. The number of primary amides is 1. The maximum absolute atomic E-state index is 12.1. The van der Waals surface area contributed by atoms with Crippen LogP contribution < -0.4 is 11.1 Å². The van der Waals surface area contributed by atoms with E-state index in [-0.39, 0.29) is 34.2 Å². The molecule has 1 aromatic carbocycles. The lowest BCUT2D eigenvalue weighted by Gasteiger charge is -2.08. The highest BCUT2D eigenvalue weighted by atomic mass is 35.5. The number of amides is 2. The zero-order valence-electron chi connectivity index (χ0n) is 12.9. The smallest absolute Gasteiger partial charge is 0.312 e. The summed E-state index contributed by atoms with van der Waals surface area (Å²) in [5.41, 5.74) is 6.07. The highest BCUT2D eigenvalue weighted by Gasteiger charge is 2.22. The molecule has 0 saturated heterocycles. The van der Waals surface area contributed by atoms with Crippen LogP contribution in [0, 0.1) is 24.0 Å². The van der Waals surface area contributed by atoms with Gasteiger partial charge in [-0.1, -0.05) is 11.6 Å². The number of carbonyl (C=O) groups excluding carboxylic acids is 2. The first-order chi connectivity index (χ1) is 11.2. The van der Waals surface area contributed by atoms with E-state index in [9.17, 15) is 19.7 Å². The molecule has 0 unspecified atom stereocenters. The summed E-state index contributed by atoms with van der Waals surface area (Å²) in [5, 5.41) is 17.6. The molecule has 2 amide bonds. The Balaban J connectivity index is 2.15. The number of hydrogen-bond acceptors (Lipinski definition) is 5. The van der Waals surface area contributed by atoms with Gasteiger partial charge < -0.3 is 11.1 Å². The molecule has 0 atom stereocenters. The minimum atomic E-state index is -0.673. The molecule has 2 aromatic rings. The Labute approximate surface area is 141 Å². The quantitative estimate of drug-likeness (QED) is 0.625. The van der Waals surface area contributed by atoms with Crippen LogP contribution in [0.15, 0.2) is 18.2 Å². The molecule has 1 aromatic heterocycles. The van der Waals surface area contributed by atoms with E-state index in [4.69, 9.17) is 17.3 Å². The number of nitro groups is 1. The Morgan fingerprint density at radius 3 is 2.58 bits per heavy atom. The van der Waals surface area contributed by atoms with Crippen molar-refractivity contribution in [3.63, 3.8) is 0 Å². The Hall–Kier alpha value is -2.94. The predicted octanol–water partition coefficient (Wildman–Crippen LogP) is 1.80. The van der Waals surface area contributed by atoms with E-state index in [0.717, 1.165) is 0 Å². The van der Waals surface area contributed by atoms with Crippen LogP contribution in [0.25, 0.3) is 0 Å². The minimum Gasteiger partial charge on any atom is -0.366 e. The van der Waals surface area contributed by atoms with Crippen LogP contribution in [0.5, 0.6) is 0 Å². The number of hydrogen-bond donors (Lipinski definition) is 2. The van der Waals surface area contributed by atoms with Gasteiger partial charge in [-0.3, -0.25) is 24.4 Å². The SMILES string of the molecule is Cc1nn(CC(=O)Nc2ccc(C(N)=O)c(Cl)c2)c(C)c1[N+](=O)[O-]. The molecule has 0 bridgehead atoms. The topological polar surface area (TPSA) is 133 Å². The molecule has 0 aliphatic rings. The van der Waals surface area contributed by atoms with Gasteiger partial charge in [0.05, 0.1) is 15.5 Å². The molecule has 2 rings (SSSR count). The number of nitrogens with two attached hydrogens (primary N) is 1. The molecular weight excluding hydrogens is 338 g/mol. The molecule has 0 aliphatic carbocycles. The number of carbonyl (C=O) groups is 2. The van der Waals surface area contributed by atoms with Crippen LogP contribution in [-0.2, 0) is 11.3 Å². The fourth-order valence-electron chi connectivity index (χ4n) is 2.23. The number of rotatable bonds is 5. The number of aromatic nitrogens is 2. The second-order valence-electron chi connectivity index (χ2n) is 5.04. The Morgan fingerprint density at radius 2 is 2.08 bits per heavy atom. The molecule has 0 aliphatic heterocycles. The summed E-state index contributed by atoms with van der Waals surface area (Å²) in [6.07, 6.45) is 0. The molecular formula is C14H14ClN5O4. The molecule has 0 saturated carbocycles. The van der Waals surface area contributed by atoms with Crippen molar-refractivity contribution in [1.82, 2.24) is 9.78 Å². The van der Waals surface area contributed by atoms with E-state index in [1.165, 1.54) is 36.7 Å². The molecule has 0 spiro atoms. The molecule has 10 heteroatoms. The van der Waals surface area contributed by atoms with E-state index in [1.54, 1.807) is 0 Å². The van der Waals surface area contributed by atoms with Crippen LogP contribution in [0.1, 0.15) is 21.7 Å². The van der Waals surface area contributed by atoms with Gasteiger partial charge in [0, 0.05) is 5.69 Å². The number of benzene rings is 1. The second kappa shape index (κ2) is 6.67. The largest absolute Gasteiger partial charge is 0.366 e. The number of anilines is 1. The van der Waals surface area contributed by atoms with Crippen molar-refractivity contribution in [3.05, 3.63) is 50.3 Å². The Bertz CT molecular complexity index is 846. The van der Waals surface area contributed by atoms with Gasteiger partial charge >= 0.3 is 5.69 Å². The summed E-state index contributed by atoms with van der Waals surface area (Å²) in [5.74, 6) is -1.12. The average molecular weight is 352 g/mol. The third-order valence-electron chi connectivity index (χ3n) is 3.34. The van der Waals surface area contributed by atoms with Crippen molar-refractivity contribution < 1.29 is 14.5 Å². The Morgan fingerprint density at radius 1 is 1.42 bits per heavy atom. The highest BCUT2D eigenvalue weighted by Crippen LogP contribution is 2.23. The van der Waals surface area contributed by atoms with Gasteiger partial charge in [0.2, 0.25) is 11.8 Å². The highest BCUT2D eigenvalue weighted by molar-refractivity contribution is 6.34. The number of nitrogens with zero attached hydrogens (tertiary/aromatic N) is 3. The molecule has 3 N–H and O–H groups in total. The third kappa shape index (κ3) is 3.51. The summed E-state index contributed by atoms with van der Waals surface area (Å²) in [6, 6.07) is 4.27. The van der Waals surface area contributed by atoms with Crippen molar-refractivity contribution in [3.8, 4) is 0 Å². The van der Waals surface area contributed by atoms with Gasteiger partial charge in [0.1, 0.15) is 17.9 Å². The van der Waals surface area contributed by atoms with Gasteiger partial charge in [-0.25, -0.2) is 0 Å². The summed E-state index contributed by atoms with van der Waals surface area (Å²) in [6.45, 7) is 2.82. The Kier molecular flexibility index (Phi) is 4.84. The van der Waals surface area contributed by atoms with Crippen LogP contribution in [-0.4, -0.2) is 26.5 Å². The lowest BCUT2D eigenvalue weighted by atomic mass is 10.2. The van der Waals surface area contributed by atoms with Crippen LogP contribution >= 0.6 is 11.6 Å². The second-order valence-corrected chi connectivity index (χ2v) is 5.45. The summed E-state index contributed by atoms with van der Waals surface area (Å²) < 4.78 is 1.25.